The fraction of sp³-hybridized carbons (Fsp3) is 0.500. The van der Waals surface area contributed by atoms with E-state index < -0.39 is 96.5 Å². The first kappa shape index (κ1) is 48.4. The molecule has 2 aromatic rings. The second-order valence-electron chi connectivity index (χ2n) is 14.0. The highest BCUT2D eigenvalue weighted by Gasteiger charge is 2.34. The number of rotatable bonds is 26. The van der Waals surface area contributed by atoms with E-state index in [1.54, 1.807) is 13.8 Å². The number of imidazole rings is 1. The van der Waals surface area contributed by atoms with Crippen LogP contribution >= 0.6 is 0 Å². The van der Waals surface area contributed by atoms with Crippen LogP contribution in [0.25, 0.3) is 0 Å². The lowest BCUT2D eigenvalue weighted by Gasteiger charge is -2.27. The Bertz CT molecular complexity index is 1780. The first-order chi connectivity index (χ1) is 27.7. The average molecular weight is 832 g/mol. The normalized spacial score (nSPS) is 14.0. The number of carboxylic acid groups (broad SMARTS) is 3. The molecule has 0 bridgehead atoms. The van der Waals surface area contributed by atoms with Crippen LogP contribution < -0.4 is 43.8 Å². The van der Waals surface area contributed by atoms with Gasteiger partial charge in [-0.3, -0.25) is 38.6 Å². The summed E-state index contributed by atoms with van der Waals surface area (Å²) in [5.74, 6) is -9.50. The highest BCUT2D eigenvalue weighted by Crippen LogP contribution is 2.13. The number of nitrogens with one attached hydrogen (secondary N) is 6. The number of phenols is 1. The minimum atomic E-state index is -1.82. The van der Waals surface area contributed by atoms with Crippen molar-refractivity contribution in [3.8, 4) is 5.75 Å². The highest BCUT2D eigenvalue weighted by molar-refractivity contribution is 5.97. The molecule has 23 heteroatoms. The fourth-order valence-corrected chi connectivity index (χ4v) is 5.53. The lowest BCUT2D eigenvalue weighted by Crippen LogP contribution is -2.60. The Kier molecular flexibility index (Phi) is 19.8. The zero-order valence-electron chi connectivity index (χ0n) is 32.6. The lowest BCUT2D eigenvalue weighted by molar-refractivity contribution is -0.142. The van der Waals surface area contributed by atoms with Gasteiger partial charge in [-0.25, -0.2) is 9.78 Å². The number of aromatic nitrogens is 2. The van der Waals surface area contributed by atoms with Gasteiger partial charge >= 0.3 is 17.9 Å². The maximum Gasteiger partial charge on any atom is 0.326 e. The van der Waals surface area contributed by atoms with E-state index in [1.807, 2.05) is 0 Å². The predicted octanol–water partition coefficient (Wildman–Crippen LogP) is -2.82. The Morgan fingerprint density at radius 3 is 1.80 bits per heavy atom. The summed E-state index contributed by atoms with van der Waals surface area (Å²) in [5, 5.41) is 50.3. The van der Waals surface area contributed by atoms with E-state index >= 15 is 0 Å². The molecule has 1 heterocycles. The minimum absolute atomic E-state index is 0.00923. The van der Waals surface area contributed by atoms with Crippen molar-refractivity contribution in [3.63, 3.8) is 0 Å². The number of carbonyl (C=O) groups is 8. The number of H-pyrrole nitrogens is 1. The maximum absolute atomic E-state index is 14.0. The molecular weight excluding hydrogens is 778 g/mol. The molecule has 6 atom stereocenters. The predicted molar refractivity (Wildman–Crippen MR) is 208 cm³/mol. The van der Waals surface area contributed by atoms with Gasteiger partial charge in [0.25, 0.3) is 0 Å². The van der Waals surface area contributed by atoms with E-state index in [2.05, 4.69) is 41.5 Å². The average Bonchev–Trinajstić information content (AvgIpc) is 3.67. The Balaban J connectivity index is 2.41. The summed E-state index contributed by atoms with van der Waals surface area (Å²) in [6.45, 7) is 3.52. The van der Waals surface area contributed by atoms with Gasteiger partial charge in [0, 0.05) is 37.7 Å². The summed E-state index contributed by atoms with van der Waals surface area (Å²) < 4.78 is 0. The quantitative estimate of drug-likeness (QED) is 0.0258. The molecule has 324 valence electrons. The molecule has 0 aliphatic carbocycles. The van der Waals surface area contributed by atoms with Crippen molar-refractivity contribution in [2.75, 3.05) is 6.54 Å². The summed E-state index contributed by atoms with van der Waals surface area (Å²) in [4.78, 5) is 113. The Morgan fingerprint density at radius 2 is 1.27 bits per heavy atom. The molecule has 0 fully saturated rings. The van der Waals surface area contributed by atoms with Gasteiger partial charge in [0.1, 0.15) is 36.0 Å². The van der Waals surface area contributed by atoms with Crippen LogP contribution in [-0.4, -0.2) is 127 Å². The molecule has 16 N–H and O–H groups in total. The third-order valence-corrected chi connectivity index (χ3v) is 8.54. The summed E-state index contributed by atoms with van der Waals surface area (Å²) in [6.07, 6.45) is 0.627. The van der Waals surface area contributed by atoms with Crippen molar-refractivity contribution in [1.29, 1.82) is 0 Å². The number of hydrogen-bond acceptors (Lipinski definition) is 12. The van der Waals surface area contributed by atoms with Crippen LogP contribution in [0.15, 0.2) is 41.8 Å². The van der Waals surface area contributed by atoms with Crippen molar-refractivity contribution < 1.29 is 58.8 Å². The fourth-order valence-electron chi connectivity index (χ4n) is 5.53. The molecule has 0 unspecified atom stereocenters. The number of aromatic amines is 1. The van der Waals surface area contributed by atoms with Gasteiger partial charge in [0.15, 0.2) is 5.96 Å². The molecule has 0 aliphatic heterocycles. The molecule has 0 spiro atoms. The number of guanidine groups is 1. The molecule has 0 saturated heterocycles. The van der Waals surface area contributed by atoms with Crippen molar-refractivity contribution in [2.24, 2.45) is 28.1 Å². The van der Waals surface area contributed by atoms with E-state index in [0.717, 1.165) is 0 Å². The van der Waals surface area contributed by atoms with E-state index in [4.69, 9.17) is 22.3 Å². The SMILES string of the molecule is CC(C)C[C@H](NC(=O)[C@@H](N)CCC(=O)O)C(=O)N[C@@H](CC(=O)O)C(=O)N[C@@H](Cc1ccc(O)cc1)C(=O)N[C@@H](Cc1cnc[nH]1)C(=O)N[C@@H](CCCN=C(N)N)C(=O)O. The molecule has 0 saturated carbocycles. The summed E-state index contributed by atoms with van der Waals surface area (Å²) >= 11 is 0. The van der Waals surface area contributed by atoms with Crippen LogP contribution in [0.3, 0.4) is 0 Å². The number of aliphatic imine (C=N–C) groups is 1. The molecule has 5 amide bonds. The molecule has 1 aromatic heterocycles. The second-order valence-corrected chi connectivity index (χ2v) is 14.0. The number of aliphatic carboxylic acids is 3. The summed E-state index contributed by atoms with van der Waals surface area (Å²) in [7, 11) is 0. The third kappa shape index (κ3) is 18.4. The summed E-state index contributed by atoms with van der Waals surface area (Å²) in [6, 6.07) is -3.40. The minimum Gasteiger partial charge on any atom is -0.508 e. The van der Waals surface area contributed by atoms with Crippen LogP contribution in [0, 0.1) is 5.92 Å². The first-order valence-electron chi connectivity index (χ1n) is 18.5. The smallest absolute Gasteiger partial charge is 0.326 e. The second kappa shape index (κ2) is 24.1. The Morgan fingerprint density at radius 1 is 0.729 bits per heavy atom. The molecule has 2 rings (SSSR count). The number of benzene rings is 1. The monoisotopic (exact) mass is 831 g/mol. The van der Waals surface area contributed by atoms with Crippen molar-refractivity contribution in [2.45, 2.75) is 101 Å². The van der Waals surface area contributed by atoms with Crippen LogP contribution in [0.4, 0.5) is 0 Å². The molecular formula is C36H53N11O12. The highest BCUT2D eigenvalue weighted by atomic mass is 16.4. The number of hydrogen-bond donors (Lipinski definition) is 13. The van der Waals surface area contributed by atoms with Gasteiger partial charge in [0.05, 0.1) is 18.8 Å². The standard InChI is InChI=1S/C36H53N11O12/c1-18(2)12-24(44-30(53)22(37)9-10-28(49)50)31(54)47-27(15-29(51)52)34(57)45-25(13-19-5-7-21(48)8-6-19)32(55)46-26(14-20-16-40-17-42-20)33(56)43-23(35(58)59)4-3-11-41-36(38)39/h5-8,16-18,22-27,48H,3-4,9-15,37H2,1-2H3,(H,40,42)(H,43,56)(H,44,53)(H,45,57)(H,46,55)(H,47,54)(H,49,50)(H,51,52)(H,58,59)(H4,38,39,41)/t22-,23-,24-,25-,26-,27-/m0/s1. The third-order valence-electron chi connectivity index (χ3n) is 8.54. The largest absolute Gasteiger partial charge is 0.508 e. The number of nitrogens with two attached hydrogens (primary N) is 3. The van der Waals surface area contributed by atoms with Crippen LogP contribution in [0.2, 0.25) is 0 Å². The zero-order valence-corrected chi connectivity index (χ0v) is 32.6. The first-order valence-corrected chi connectivity index (χ1v) is 18.5. The van der Waals surface area contributed by atoms with Crippen molar-refractivity contribution in [1.82, 2.24) is 36.6 Å². The van der Waals surface area contributed by atoms with Gasteiger partial charge in [0.2, 0.25) is 29.5 Å². The van der Waals surface area contributed by atoms with E-state index in [1.165, 1.54) is 36.8 Å². The van der Waals surface area contributed by atoms with Crippen LogP contribution in [0.1, 0.15) is 63.6 Å². The number of phenolic OH excluding ortho intramolecular Hbond substituents is 1. The van der Waals surface area contributed by atoms with Gasteiger partial charge < -0.3 is 69.2 Å². The maximum atomic E-state index is 14.0. The van der Waals surface area contributed by atoms with Crippen LogP contribution in [0.5, 0.6) is 5.75 Å². The van der Waals surface area contributed by atoms with E-state index in [-0.39, 0.29) is 62.7 Å². The topological polar surface area (TPSA) is 397 Å². The molecule has 0 aliphatic rings. The number of carboxylic acids is 3. The Hall–Kier alpha value is -6.78. The van der Waals surface area contributed by atoms with Gasteiger partial charge in [-0.2, -0.15) is 0 Å². The van der Waals surface area contributed by atoms with E-state index in [9.17, 15) is 53.7 Å². The zero-order chi connectivity index (χ0) is 44.2. The molecule has 59 heavy (non-hydrogen) atoms. The Labute approximate surface area is 338 Å². The number of aromatic hydroxyl groups is 1. The lowest BCUT2D eigenvalue weighted by atomic mass is 10.0. The molecule has 23 nitrogen and oxygen atoms in total. The van der Waals surface area contributed by atoms with Gasteiger partial charge in [-0.15, -0.1) is 0 Å². The van der Waals surface area contributed by atoms with Crippen molar-refractivity contribution >= 4 is 53.4 Å². The van der Waals surface area contributed by atoms with Crippen LogP contribution in [-0.2, 0) is 51.2 Å². The number of amides is 5. The van der Waals surface area contributed by atoms with E-state index in [0.29, 0.717) is 11.3 Å². The van der Waals surface area contributed by atoms with Crippen molar-refractivity contribution in [3.05, 3.63) is 48.0 Å². The summed E-state index contributed by atoms with van der Waals surface area (Å²) in [5.41, 5.74) is 17.2. The van der Waals surface area contributed by atoms with Gasteiger partial charge in [-0.1, -0.05) is 26.0 Å². The number of carbonyl (C=O) groups excluding carboxylic acids is 5. The van der Waals surface area contributed by atoms with Gasteiger partial charge in [-0.05, 0) is 49.3 Å². The molecule has 0 radical (unpaired) electrons. The molecule has 1 aromatic carbocycles. The number of nitrogens with zero attached hydrogens (tertiary/aromatic N) is 2.